The Labute approximate surface area is 155 Å². The summed E-state index contributed by atoms with van der Waals surface area (Å²) < 4.78 is 33.2. The number of hydrogen-bond donors (Lipinski definition) is 1. The Balaban J connectivity index is 2.08. The van der Waals surface area contributed by atoms with Gasteiger partial charge in [0.15, 0.2) is 0 Å². The van der Waals surface area contributed by atoms with E-state index in [2.05, 4.69) is 4.72 Å². The fourth-order valence-corrected chi connectivity index (χ4v) is 3.88. The lowest BCUT2D eigenvalue weighted by Crippen LogP contribution is -2.28. The zero-order chi connectivity index (χ0) is 19.0. The topological polar surface area (TPSA) is 72.5 Å². The van der Waals surface area contributed by atoms with Gasteiger partial charge in [-0.15, -0.1) is 0 Å². The number of carbonyl (C=O) groups is 1. The molecule has 2 aromatic carbocycles. The molecule has 0 aliphatic rings. The molecule has 0 aromatic heterocycles. The van der Waals surface area contributed by atoms with Crippen molar-refractivity contribution in [2.45, 2.75) is 44.0 Å². The Hall–Kier alpha value is -2.18. The fraction of sp³-hybridized carbons (Fsp3) is 0.350. The average Bonchev–Trinajstić information content (AvgIpc) is 2.61. The number of unbranched alkanes of at least 4 members (excludes halogenated alkanes) is 1. The second kappa shape index (κ2) is 9.50. The zero-order valence-corrected chi connectivity index (χ0v) is 16.0. The molecule has 0 radical (unpaired) electrons. The zero-order valence-electron chi connectivity index (χ0n) is 15.1. The van der Waals surface area contributed by atoms with E-state index in [4.69, 9.17) is 4.74 Å². The van der Waals surface area contributed by atoms with Gasteiger partial charge in [0.25, 0.3) is 0 Å². The number of benzene rings is 2. The van der Waals surface area contributed by atoms with E-state index < -0.39 is 10.0 Å². The second-order valence-electron chi connectivity index (χ2n) is 6.23. The maximum absolute atomic E-state index is 12.7. The quantitative estimate of drug-likeness (QED) is 0.535. The Bertz CT molecular complexity index is 801. The largest absolute Gasteiger partial charge is 0.466 e. The highest BCUT2D eigenvalue weighted by Crippen LogP contribution is 2.22. The number of rotatable bonds is 9. The molecule has 0 bridgehead atoms. The van der Waals surface area contributed by atoms with Crippen LogP contribution in [0.3, 0.4) is 0 Å². The fourth-order valence-electron chi connectivity index (χ4n) is 2.62. The van der Waals surface area contributed by atoms with Crippen LogP contribution in [0.2, 0.25) is 0 Å². The van der Waals surface area contributed by atoms with Crippen molar-refractivity contribution in [2.75, 3.05) is 6.61 Å². The van der Waals surface area contributed by atoms with Crippen LogP contribution < -0.4 is 4.72 Å². The third-order valence-electron chi connectivity index (χ3n) is 4.02. The minimum Gasteiger partial charge on any atom is -0.466 e. The number of aryl methyl sites for hydroxylation is 1. The van der Waals surface area contributed by atoms with Crippen LogP contribution in [0.1, 0.15) is 43.4 Å². The predicted molar refractivity (Wildman–Crippen MR) is 101 cm³/mol. The van der Waals surface area contributed by atoms with Crippen molar-refractivity contribution in [2.24, 2.45) is 0 Å². The molecule has 5 nitrogen and oxygen atoms in total. The smallest absolute Gasteiger partial charge is 0.302 e. The molecule has 26 heavy (non-hydrogen) atoms. The summed E-state index contributed by atoms with van der Waals surface area (Å²) in [6, 6.07) is 16.0. The molecule has 2 aromatic rings. The molecule has 0 heterocycles. The lowest BCUT2D eigenvalue weighted by molar-refractivity contribution is -0.141. The minimum absolute atomic E-state index is 0.254. The molecule has 2 rings (SSSR count). The van der Waals surface area contributed by atoms with Crippen LogP contribution in [0.15, 0.2) is 59.5 Å². The van der Waals surface area contributed by atoms with Gasteiger partial charge in [-0.2, -0.15) is 0 Å². The van der Waals surface area contributed by atoms with E-state index in [1.807, 2.05) is 37.3 Å². The van der Waals surface area contributed by atoms with Gasteiger partial charge < -0.3 is 4.74 Å². The van der Waals surface area contributed by atoms with Crippen molar-refractivity contribution in [1.29, 1.82) is 0 Å². The van der Waals surface area contributed by atoms with Gasteiger partial charge in [-0.05, 0) is 43.9 Å². The standard InChI is InChI=1S/C20H25NO4S/c1-16-11-13-19(14-12-16)26(23,24)21-20(18-8-4-3-5-9-18)10-6-7-15-25-17(2)22/h3-5,8-9,11-14,20-21H,6-7,10,15H2,1-2H3. The van der Waals surface area contributed by atoms with Crippen LogP contribution in [0.25, 0.3) is 0 Å². The highest BCUT2D eigenvalue weighted by atomic mass is 32.2. The summed E-state index contributed by atoms with van der Waals surface area (Å²) in [7, 11) is -3.62. The molecule has 1 unspecified atom stereocenters. The Morgan fingerprint density at radius 1 is 1.04 bits per heavy atom. The maximum atomic E-state index is 12.7. The highest BCUT2D eigenvalue weighted by Gasteiger charge is 2.21. The molecule has 6 heteroatoms. The first kappa shape index (κ1) is 20.1. The summed E-state index contributed by atoms with van der Waals surface area (Å²) in [5.41, 5.74) is 1.92. The Morgan fingerprint density at radius 2 is 1.69 bits per heavy atom. The van der Waals surface area contributed by atoms with E-state index in [1.165, 1.54) is 6.92 Å². The molecule has 140 valence electrons. The first-order chi connectivity index (χ1) is 12.4. The predicted octanol–water partition coefficient (Wildman–Crippen LogP) is 3.75. The monoisotopic (exact) mass is 375 g/mol. The van der Waals surface area contributed by atoms with Crippen molar-refractivity contribution < 1.29 is 17.9 Å². The third kappa shape index (κ3) is 6.28. The lowest BCUT2D eigenvalue weighted by atomic mass is 10.0. The number of carbonyl (C=O) groups excluding carboxylic acids is 1. The Morgan fingerprint density at radius 3 is 2.31 bits per heavy atom. The van der Waals surface area contributed by atoms with Gasteiger partial charge in [0.2, 0.25) is 10.0 Å². The molecular formula is C20H25NO4S. The Kier molecular flexibility index (Phi) is 7.36. The summed E-state index contributed by atoms with van der Waals surface area (Å²) in [6.45, 7) is 3.64. The van der Waals surface area contributed by atoms with Gasteiger partial charge in [0.1, 0.15) is 0 Å². The molecule has 0 saturated heterocycles. The molecule has 1 atom stereocenters. The van der Waals surface area contributed by atoms with Gasteiger partial charge >= 0.3 is 5.97 Å². The number of hydrogen-bond acceptors (Lipinski definition) is 4. The van der Waals surface area contributed by atoms with Crippen LogP contribution >= 0.6 is 0 Å². The van der Waals surface area contributed by atoms with Crippen molar-refractivity contribution in [3.05, 3.63) is 65.7 Å². The van der Waals surface area contributed by atoms with E-state index in [9.17, 15) is 13.2 Å². The third-order valence-corrected chi connectivity index (χ3v) is 5.51. The normalized spacial score (nSPS) is 12.5. The molecule has 0 saturated carbocycles. The summed E-state index contributed by atoms with van der Waals surface area (Å²) in [4.78, 5) is 11.1. The lowest BCUT2D eigenvalue weighted by Gasteiger charge is -2.19. The molecule has 0 aliphatic carbocycles. The molecule has 0 aliphatic heterocycles. The first-order valence-electron chi connectivity index (χ1n) is 8.66. The first-order valence-corrected chi connectivity index (χ1v) is 10.1. The number of nitrogens with one attached hydrogen (secondary N) is 1. The van der Waals surface area contributed by atoms with Crippen molar-refractivity contribution in [1.82, 2.24) is 4.72 Å². The van der Waals surface area contributed by atoms with Gasteiger partial charge in [-0.25, -0.2) is 13.1 Å². The van der Waals surface area contributed by atoms with Crippen LogP contribution in [0, 0.1) is 6.92 Å². The van der Waals surface area contributed by atoms with E-state index in [0.29, 0.717) is 19.4 Å². The van der Waals surface area contributed by atoms with Crippen LogP contribution in [0.5, 0.6) is 0 Å². The molecule has 0 fully saturated rings. The van der Waals surface area contributed by atoms with Gasteiger partial charge in [0, 0.05) is 13.0 Å². The van der Waals surface area contributed by atoms with Crippen LogP contribution in [0.4, 0.5) is 0 Å². The van der Waals surface area contributed by atoms with E-state index >= 15 is 0 Å². The maximum Gasteiger partial charge on any atom is 0.302 e. The molecule has 1 N–H and O–H groups in total. The average molecular weight is 375 g/mol. The molecule has 0 amide bonds. The summed E-state index contributed by atoms with van der Waals surface area (Å²) in [6.07, 6.45) is 2.05. The highest BCUT2D eigenvalue weighted by molar-refractivity contribution is 7.89. The van der Waals surface area contributed by atoms with Crippen molar-refractivity contribution in [3.63, 3.8) is 0 Å². The van der Waals surface area contributed by atoms with Crippen LogP contribution in [-0.2, 0) is 19.6 Å². The van der Waals surface area contributed by atoms with E-state index in [0.717, 1.165) is 17.5 Å². The van der Waals surface area contributed by atoms with Crippen molar-refractivity contribution >= 4 is 16.0 Å². The number of ether oxygens (including phenoxy) is 1. The molecular weight excluding hydrogens is 350 g/mol. The summed E-state index contributed by atoms with van der Waals surface area (Å²) in [5.74, 6) is -0.301. The number of sulfonamides is 1. The summed E-state index contributed by atoms with van der Waals surface area (Å²) in [5, 5.41) is 0. The summed E-state index contributed by atoms with van der Waals surface area (Å²) >= 11 is 0. The van der Waals surface area contributed by atoms with E-state index in [-0.39, 0.29) is 16.9 Å². The second-order valence-corrected chi connectivity index (χ2v) is 7.95. The number of esters is 1. The van der Waals surface area contributed by atoms with Gasteiger partial charge in [-0.3, -0.25) is 4.79 Å². The van der Waals surface area contributed by atoms with Gasteiger partial charge in [-0.1, -0.05) is 48.0 Å². The van der Waals surface area contributed by atoms with Gasteiger partial charge in [0.05, 0.1) is 11.5 Å². The van der Waals surface area contributed by atoms with Crippen molar-refractivity contribution in [3.8, 4) is 0 Å². The molecule has 0 spiro atoms. The SMILES string of the molecule is CC(=O)OCCCCC(NS(=O)(=O)c1ccc(C)cc1)c1ccccc1. The van der Waals surface area contributed by atoms with Crippen LogP contribution in [-0.4, -0.2) is 21.0 Å². The minimum atomic E-state index is -3.62. The van der Waals surface area contributed by atoms with E-state index in [1.54, 1.807) is 24.3 Å².